The van der Waals surface area contributed by atoms with E-state index in [1.807, 2.05) is 0 Å². The maximum Gasteiger partial charge on any atom is 0.433 e. The first-order valence-electron chi connectivity index (χ1n) is 11.0. The Hall–Kier alpha value is -4.26. The van der Waals surface area contributed by atoms with Crippen LogP contribution in [0.5, 0.6) is 11.5 Å². The molecule has 38 heavy (non-hydrogen) atoms. The van der Waals surface area contributed by atoms with Gasteiger partial charge in [-0.25, -0.2) is 18.4 Å². The van der Waals surface area contributed by atoms with Gasteiger partial charge in [-0.3, -0.25) is 9.78 Å². The van der Waals surface area contributed by atoms with Crippen molar-refractivity contribution in [3.63, 3.8) is 0 Å². The quantitative estimate of drug-likeness (QED) is 0.307. The van der Waals surface area contributed by atoms with Gasteiger partial charge in [0, 0.05) is 30.2 Å². The number of ether oxygens (including phenoxy) is 2. The average molecular weight is 547 g/mol. The van der Waals surface area contributed by atoms with Gasteiger partial charge < -0.3 is 14.0 Å². The molecule has 0 aliphatic rings. The van der Waals surface area contributed by atoms with E-state index in [1.54, 1.807) is 18.2 Å². The molecule has 9 nitrogen and oxygen atoms in total. The predicted molar refractivity (Wildman–Crippen MR) is 131 cm³/mol. The van der Waals surface area contributed by atoms with Gasteiger partial charge in [0.05, 0.1) is 32.2 Å². The summed E-state index contributed by atoms with van der Waals surface area (Å²) in [6, 6.07) is 11.0. The Labute approximate surface area is 215 Å². The van der Waals surface area contributed by atoms with Crippen LogP contribution in [0.25, 0.3) is 11.3 Å². The van der Waals surface area contributed by atoms with Gasteiger partial charge in [0.1, 0.15) is 5.69 Å². The lowest BCUT2D eigenvalue weighted by molar-refractivity contribution is -0.141. The largest absolute Gasteiger partial charge is 0.493 e. The normalized spacial score (nSPS) is 11.8. The lowest BCUT2D eigenvalue weighted by Crippen LogP contribution is -2.20. The molecule has 0 atom stereocenters. The Morgan fingerprint density at radius 1 is 0.895 bits per heavy atom. The molecule has 0 spiro atoms. The maximum absolute atomic E-state index is 13.7. The van der Waals surface area contributed by atoms with Gasteiger partial charge in [-0.1, -0.05) is 6.07 Å². The number of aromatic nitrogens is 4. The molecule has 3 aromatic heterocycles. The van der Waals surface area contributed by atoms with Crippen LogP contribution in [-0.2, 0) is 28.3 Å². The zero-order valence-corrected chi connectivity index (χ0v) is 21.0. The van der Waals surface area contributed by atoms with Crippen LogP contribution in [0.2, 0.25) is 0 Å². The number of pyridine rings is 2. The topological polar surface area (TPSA) is 113 Å². The molecule has 1 aromatic carbocycles. The molecule has 4 rings (SSSR count). The lowest BCUT2D eigenvalue weighted by Gasteiger charge is -2.13. The molecule has 0 radical (unpaired) electrons. The van der Waals surface area contributed by atoms with E-state index >= 15 is 0 Å². The second kappa shape index (κ2) is 10.6. The van der Waals surface area contributed by atoms with Gasteiger partial charge in [-0.15, -0.1) is 0 Å². The van der Waals surface area contributed by atoms with Crippen LogP contribution in [0, 0.1) is 0 Å². The fourth-order valence-corrected chi connectivity index (χ4v) is 4.84. The molecule has 3 heterocycles. The number of methoxy groups -OCH3 is 2. The van der Waals surface area contributed by atoms with E-state index < -0.39 is 38.2 Å². The van der Waals surface area contributed by atoms with Crippen molar-refractivity contribution >= 4 is 9.84 Å². The van der Waals surface area contributed by atoms with Gasteiger partial charge in [-0.05, 0) is 47.5 Å². The summed E-state index contributed by atoms with van der Waals surface area (Å²) in [5, 5.41) is -0.975. The Balaban J connectivity index is 1.76. The minimum atomic E-state index is -4.94. The number of benzene rings is 1. The van der Waals surface area contributed by atoms with Crippen LogP contribution in [0.15, 0.2) is 77.1 Å². The van der Waals surface area contributed by atoms with E-state index in [1.165, 1.54) is 55.6 Å². The first-order valence-corrected chi connectivity index (χ1v) is 12.6. The highest BCUT2D eigenvalue weighted by Crippen LogP contribution is 2.32. The molecule has 198 valence electrons. The molecule has 0 unspecified atom stereocenters. The van der Waals surface area contributed by atoms with E-state index in [0.717, 1.165) is 6.07 Å². The summed E-state index contributed by atoms with van der Waals surface area (Å²) in [6.07, 6.45) is -0.899. The Morgan fingerprint density at radius 3 is 2.26 bits per heavy atom. The van der Waals surface area contributed by atoms with Gasteiger partial charge >= 0.3 is 6.18 Å². The van der Waals surface area contributed by atoms with Crippen molar-refractivity contribution in [1.82, 2.24) is 19.5 Å². The Bertz CT molecular complexity index is 1620. The molecule has 0 aliphatic carbocycles. The summed E-state index contributed by atoms with van der Waals surface area (Å²) in [7, 11) is -1.41. The first kappa shape index (κ1) is 26.8. The minimum Gasteiger partial charge on any atom is -0.493 e. The highest BCUT2D eigenvalue weighted by Gasteiger charge is 2.35. The molecule has 0 bridgehead atoms. The number of hydrogen-bond donors (Lipinski definition) is 0. The highest BCUT2D eigenvalue weighted by molar-refractivity contribution is 7.90. The average Bonchev–Trinajstić information content (AvgIpc) is 2.89. The van der Waals surface area contributed by atoms with Crippen LogP contribution >= 0.6 is 0 Å². The molecule has 0 amide bonds. The summed E-state index contributed by atoms with van der Waals surface area (Å²) >= 11 is 0. The molecule has 0 N–H and O–H groups in total. The third kappa shape index (κ3) is 5.99. The molecule has 0 aliphatic heterocycles. The van der Waals surface area contributed by atoms with Crippen molar-refractivity contribution in [2.75, 3.05) is 14.2 Å². The number of sulfone groups is 1. The van der Waals surface area contributed by atoms with Crippen LogP contribution in [-0.4, -0.2) is 42.2 Å². The van der Waals surface area contributed by atoms with Crippen LogP contribution in [0.4, 0.5) is 13.2 Å². The van der Waals surface area contributed by atoms with Crippen LogP contribution in [0.1, 0.15) is 16.8 Å². The summed E-state index contributed by atoms with van der Waals surface area (Å²) in [6.45, 7) is 0.0530. The third-order valence-corrected chi connectivity index (χ3v) is 6.91. The highest BCUT2D eigenvalue weighted by atomic mass is 32.2. The van der Waals surface area contributed by atoms with Gasteiger partial charge in [-0.2, -0.15) is 13.2 Å². The first-order chi connectivity index (χ1) is 18.0. The predicted octanol–water partition coefficient (Wildman–Crippen LogP) is 3.76. The van der Waals surface area contributed by atoms with E-state index in [-0.39, 0.29) is 17.8 Å². The van der Waals surface area contributed by atoms with Crippen molar-refractivity contribution in [1.29, 1.82) is 0 Å². The van der Waals surface area contributed by atoms with Gasteiger partial charge in [0.15, 0.2) is 11.5 Å². The number of nitrogens with zero attached hydrogens (tertiary/aromatic N) is 4. The second-order valence-electron chi connectivity index (χ2n) is 8.11. The Morgan fingerprint density at radius 2 is 1.61 bits per heavy atom. The molecule has 0 saturated heterocycles. The summed E-state index contributed by atoms with van der Waals surface area (Å²) < 4.78 is 78.7. The molecular formula is C25H21F3N4O5S. The number of halogens is 3. The van der Waals surface area contributed by atoms with Crippen molar-refractivity contribution in [3.05, 3.63) is 94.3 Å². The minimum absolute atomic E-state index is 0.0530. The second-order valence-corrected chi connectivity index (χ2v) is 9.99. The summed E-state index contributed by atoms with van der Waals surface area (Å²) in [5.74, 6) is 0.303. The summed E-state index contributed by atoms with van der Waals surface area (Å²) in [4.78, 5) is 23.6. The van der Waals surface area contributed by atoms with Gasteiger partial charge in [0.25, 0.3) is 5.56 Å². The van der Waals surface area contributed by atoms with E-state index in [9.17, 15) is 26.4 Å². The SMILES string of the molecule is COc1ccc(Cn2cc(-c3cc(C(F)(F)F)nc(S(=O)(=O)Cc4ccncc4)n3)ccc2=O)cc1OC. The monoisotopic (exact) mass is 546 g/mol. The number of rotatable bonds is 8. The zero-order valence-electron chi connectivity index (χ0n) is 20.1. The van der Waals surface area contributed by atoms with E-state index in [2.05, 4.69) is 15.0 Å². The fourth-order valence-electron chi connectivity index (χ4n) is 3.60. The van der Waals surface area contributed by atoms with Crippen molar-refractivity contribution in [2.45, 2.75) is 23.6 Å². The van der Waals surface area contributed by atoms with Crippen molar-refractivity contribution in [2.24, 2.45) is 0 Å². The van der Waals surface area contributed by atoms with E-state index in [0.29, 0.717) is 28.7 Å². The molecular weight excluding hydrogens is 525 g/mol. The molecule has 0 saturated carbocycles. The standard InChI is InChI=1S/C25H21F3N4O5S/c1-36-20-5-3-17(11-21(20)37-2)13-32-14-18(4-6-23(32)33)19-12-22(25(26,27)28)31-24(30-19)38(34,35)15-16-7-9-29-10-8-16/h3-12,14H,13,15H2,1-2H3. The van der Waals surface area contributed by atoms with Crippen molar-refractivity contribution < 1.29 is 31.1 Å². The smallest absolute Gasteiger partial charge is 0.433 e. The molecule has 0 fully saturated rings. The molecule has 4 aromatic rings. The number of hydrogen-bond acceptors (Lipinski definition) is 8. The zero-order chi connectivity index (χ0) is 27.5. The molecule has 13 heteroatoms. The fraction of sp³-hybridized carbons (Fsp3) is 0.200. The van der Waals surface area contributed by atoms with Gasteiger partial charge in [0.2, 0.25) is 15.0 Å². The van der Waals surface area contributed by atoms with Crippen LogP contribution < -0.4 is 15.0 Å². The lowest BCUT2D eigenvalue weighted by atomic mass is 10.1. The maximum atomic E-state index is 13.7. The number of alkyl halides is 3. The van der Waals surface area contributed by atoms with Crippen molar-refractivity contribution in [3.8, 4) is 22.8 Å². The summed E-state index contributed by atoms with van der Waals surface area (Å²) in [5.41, 5.74) is -1.10. The Kier molecular flexibility index (Phi) is 7.49. The van der Waals surface area contributed by atoms with E-state index in [4.69, 9.17) is 9.47 Å². The van der Waals surface area contributed by atoms with Crippen LogP contribution in [0.3, 0.4) is 0 Å². The third-order valence-electron chi connectivity index (χ3n) is 5.46.